The van der Waals surface area contributed by atoms with Gasteiger partial charge in [-0.15, -0.1) is 0 Å². The van der Waals surface area contributed by atoms with Crippen LogP contribution in [0, 0.1) is 5.92 Å². The van der Waals surface area contributed by atoms with Crippen molar-refractivity contribution in [3.05, 3.63) is 18.3 Å². The quantitative estimate of drug-likeness (QED) is 0.855. The summed E-state index contributed by atoms with van der Waals surface area (Å²) in [6.45, 7) is 4.36. The second kappa shape index (κ2) is 7.09. The van der Waals surface area contributed by atoms with Crippen LogP contribution in [-0.2, 0) is 9.53 Å². The molecule has 2 N–H and O–H groups in total. The van der Waals surface area contributed by atoms with Gasteiger partial charge in [0.2, 0.25) is 5.91 Å². The monoisotopic (exact) mass is 263 g/mol. The fourth-order valence-electron chi connectivity index (χ4n) is 2.03. The first kappa shape index (κ1) is 13.8. The lowest BCUT2D eigenvalue weighted by molar-refractivity contribution is -0.122. The van der Waals surface area contributed by atoms with Crippen molar-refractivity contribution in [2.24, 2.45) is 5.92 Å². The molecule has 0 radical (unpaired) electrons. The van der Waals surface area contributed by atoms with E-state index >= 15 is 0 Å². The van der Waals surface area contributed by atoms with Gasteiger partial charge in [-0.2, -0.15) is 0 Å². The summed E-state index contributed by atoms with van der Waals surface area (Å²) in [6.07, 6.45) is 4.35. The molecule has 1 amide bonds. The molecule has 19 heavy (non-hydrogen) atoms. The zero-order valence-electron chi connectivity index (χ0n) is 11.3. The molecule has 1 fully saturated rings. The number of ether oxygens (including phenoxy) is 1. The third-order valence-electron chi connectivity index (χ3n) is 3.18. The molecule has 1 aromatic heterocycles. The van der Waals surface area contributed by atoms with Gasteiger partial charge in [0.25, 0.3) is 0 Å². The van der Waals surface area contributed by atoms with E-state index < -0.39 is 0 Å². The molecule has 0 aliphatic carbocycles. The fourth-order valence-corrected chi connectivity index (χ4v) is 2.03. The van der Waals surface area contributed by atoms with Crippen molar-refractivity contribution in [2.45, 2.75) is 26.2 Å². The van der Waals surface area contributed by atoms with Gasteiger partial charge >= 0.3 is 0 Å². The van der Waals surface area contributed by atoms with Crippen LogP contribution in [0.5, 0.6) is 0 Å². The van der Waals surface area contributed by atoms with E-state index in [1.54, 1.807) is 6.20 Å². The number of carbonyl (C=O) groups excluding carboxylic acids is 1. The van der Waals surface area contributed by atoms with Gasteiger partial charge in [0.05, 0.1) is 11.9 Å². The van der Waals surface area contributed by atoms with E-state index in [0.29, 0.717) is 13.2 Å². The first-order valence-electron chi connectivity index (χ1n) is 6.88. The molecule has 1 aliphatic rings. The van der Waals surface area contributed by atoms with E-state index in [2.05, 4.69) is 22.5 Å². The molecule has 5 nitrogen and oxygen atoms in total. The molecule has 0 aromatic carbocycles. The van der Waals surface area contributed by atoms with Gasteiger partial charge in [-0.3, -0.25) is 4.79 Å². The summed E-state index contributed by atoms with van der Waals surface area (Å²) in [7, 11) is 0. The average Bonchev–Trinajstić information content (AvgIpc) is 2.47. The van der Waals surface area contributed by atoms with Gasteiger partial charge in [-0.25, -0.2) is 4.98 Å². The Morgan fingerprint density at radius 2 is 2.21 bits per heavy atom. The van der Waals surface area contributed by atoms with Gasteiger partial charge in [-0.1, -0.05) is 6.92 Å². The Balaban J connectivity index is 1.86. The zero-order chi connectivity index (χ0) is 13.5. The highest BCUT2D eigenvalue weighted by molar-refractivity contribution is 5.92. The first-order chi connectivity index (χ1) is 9.29. The minimum absolute atomic E-state index is 0.0617. The normalized spacial score (nSPS) is 16.1. The van der Waals surface area contributed by atoms with Crippen LogP contribution in [0.4, 0.5) is 11.5 Å². The average molecular weight is 263 g/mol. The minimum atomic E-state index is 0.0617. The van der Waals surface area contributed by atoms with Gasteiger partial charge in [0.15, 0.2) is 0 Å². The Kier molecular flexibility index (Phi) is 5.15. The second-order valence-corrected chi connectivity index (χ2v) is 4.73. The third kappa shape index (κ3) is 4.21. The number of hydrogen-bond acceptors (Lipinski definition) is 4. The lowest BCUT2D eigenvalue weighted by Crippen LogP contribution is -2.28. The molecule has 0 bridgehead atoms. The predicted octanol–water partition coefficient (Wildman–Crippen LogP) is 2.27. The van der Waals surface area contributed by atoms with Crippen LogP contribution in [-0.4, -0.2) is 30.6 Å². The lowest BCUT2D eigenvalue weighted by atomic mass is 9.99. The standard InChI is InChI=1S/C14H21N3O2/c1-2-7-15-13-4-3-12(10-16-13)17-14(18)11-5-8-19-9-6-11/h3-4,10-11H,2,5-9H2,1H3,(H,15,16)(H,17,18). The maximum atomic E-state index is 12.0. The number of aromatic nitrogens is 1. The van der Waals surface area contributed by atoms with Crippen LogP contribution in [0.1, 0.15) is 26.2 Å². The number of pyridine rings is 1. The molecule has 0 unspecified atom stereocenters. The summed E-state index contributed by atoms with van der Waals surface area (Å²) in [4.78, 5) is 16.3. The summed E-state index contributed by atoms with van der Waals surface area (Å²) < 4.78 is 5.25. The topological polar surface area (TPSA) is 63.2 Å². The van der Waals surface area contributed by atoms with Crippen LogP contribution in [0.25, 0.3) is 0 Å². The Morgan fingerprint density at radius 1 is 1.42 bits per heavy atom. The number of hydrogen-bond donors (Lipinski definition) is 2. The van der Waals surface area contributed by atoms with E-state index in [1.165, 1.54) is 0 Å². The van der Waals surface area contributed by atoms with Crippen molar-refractivity contribution in [1.82, 2.24) is 4.98 Å². The molecule has 2 heterocycles. The Labute approximate surface area is 113 Å². The maximum absolute atomic E-state index is 12.0. The van der Waals surface area contributed by atoms with Crippen LogP contribution in [0.3, 0.4) is 0 Å². The number of anilines is 2. The van der Waals surface area contributed by atoms with E-state index in [4.69, 9.17) is 4.74 Å². The molecule has 0 saturated carbocycles. The SMILES string of the molecule is CCCNc1ccc(NC(=O)C2CCOCC2)cn1. The molecule has 2 rings (SSSR count). The largest absolute Gasteiger partial charge is 0.381 e. The van der Waals surface area contributed by atoms with Crippen LogP contribution in [0.2, 0.25) is 0 Å². The molecule has 1 saturated heterocycles. The highest BCUT2D eigenvalue weighted by Crippen LogP contribution is 2.17. The smallest absolute Gasteiger partial charge is 0.227 e. The molecule has 104 valence electrons. The lowest BCUT2D eigenvalue weighted by Gasteiger charge is -2.21. The number of amides is 1. The van der Waals surface area contributed by atoms with Crippen LogP contribution >= 0.6 is 0 Å². The molecular formula is C14H21N3O2. The third-order valence-corrected chi connectivity index (χ3v) is 3.18. The van der Waals surface area contributed by atoms with Crippen molar-refractivity contribution >= 4 is 17.4 Å². The molecular weight excluding hydrogens is 242 g/mol. The highest BCUT2D eigenvalue weighted by atomic mass is 16.5. The van der Waals surface area contributed by atoms with Crippen molar-refractivity contribution in [3.63, 3.8) is 0 Å². The molecule has 0 spiro atoms. The molecule has 5 heteroatoms. The summed E-state index contributed by atoms with van der Waals surface area (Å²) in [5.74, 6) is 0.969. The number of nitrogens with one attached hydrogen (secondary N) is 2. The van der Waals surface area contributed by atoms with Gasteiger partial charge in [-0.05, 0) is 31.4 Å². The van der Waals surface area contributed by atoms with Crippen molar-refractivity contribution in [1.29, 1.82) is 0 Å². The predicted molar refractivity (Wildman–Crippen MR) is 75.2 cm³/mol. The Bertz CT molecular complexity index is 400. The van der Waals surface area contributed by atoms with Crippen molar-refractivity contribution in [3.8, 4) is 0 Å². The maximum Gasteiger partial charge on any atom is 0.227 e. The number of nitrogens with zero attached hydrogens (tertiary/aromatic N) is 1. The summed E-state index contributed by atoms with van der Waals surface area (Å²) in [5.41, 5.74) is 0.749. The molecule has 0 atom stereocenters. The summed E-state index contributed by atoms with van der Waals surface area (Å²) in [5, 5.41) is 6.11. The van der Waals surface area contributed by atoms with Gasteiger partial charge < -0.3 is 15.4 Å². The van der Waals surface area contributed by atoms with E-state index in [1.807, 2.05) is 12.1 Å². The zero-order valence-corrected chi connectivity index (χ0v) is 11.3. The van der Waals surface area contributed by atoms with Crippen LogP contribution in [0.15, 0.2) is 18.3 Å². The Hall–Kier alpha value is -1.62. The highest BCUT2D eigenvalue weighted by Gasteiger charge is 2.21. The number of rotatable bonds is 5. The van der Waals surface area contributed by atoms with Gasteiger partial charge in [0, 0.05) is 25.7 Å². The van der Waals surface area contributed by atoms with E-state index in [9.17, 15) is 4.79 Å². The molecule has 1 aromatic rings. The first-order valence-corrected chi connectivity index (χ1v) is 6.88. The van der Waals surface area contributed by atoms with E-state index in [0.717, 1.165) is 37.3 Å². The van der Waals surface area contributed by atoms with E-state index in [-0.39, 0.29) is 11.8 Å². The van der Waals surface area contributed by atoms with Crippen molar-refractivity contribution in [2.75, 3.05) is 30.4 Å². The summed E-state index contributed by atoms with van der Waals surface area (Å²) >= 11 is 0. The van der Waals surface area contributed by atoms with Gasteiger partial charge in [0.1, 0.15) is 5.82 Å². The minimum Gasteiger partial charge on any atom is -0.381 e. The van der Waals surface area contributed by atoms with Crippen LogP contribution < -0.4 is 10.6 Å². The second-order valence-electron chi connectivity index (χ2n) is 4.73. The van der Waals surface area contributed by atoms with Crippen molar-refractivity contribution < 1.29 is 9.53 Å². The fraction of sp³-hybridized carbons (Fsp3) is 0.571. The Morgan fingerprint density at radius 3 is 2.84 bits per heavy atom. The molecule has 1 aliphatic heterocycles. The number of carbonyl (C=O) groups is 1. The summed E-state index contributed by atoms with van der Waals surface area (Å²) in [6, 6.07) is 3.76.